The third kappa shape index (κ3) is 3.46. The molecule has 0 spiro atoms. The van der Waals surface area contributed by atoms with Crippen molar-refractivity contribution < 1.29 is 0 Å². The summed E-state index contributed by atoms with van der Waals surface area (Å²) < 4.78 is 0. The van der Waals surface area contributed by atoms with Gasteiger partial charge >= 0.3 is 0 Å². The molecule has 1 aromatic rings. The fraction of sp³-hybridized carbons (Fsp3) is 0.462. The number of nitriles is 1. The Balaban J connectivity index is 2.86. The lowest BCUT2D eigenvalue weighted by atomic mass is 10.1. The van der Waals surface area contributed by atoms with Crippen LogP contribution in [0.4, 0.5) is 5.69 Å². The highest BCUT2D eigenvalue weighted by Gasteiger charge is 2.08. The maximum atomic E-state index is 9.03. The Labute approximate surface area is 102 Å². The molecule has 0 aromatic heterocycles. The van der Waals surface area contributed by atoms with Crippen LogP contribution in [0, 0.1) is 18.3 Å². The molecule has 0 aliphatic rings. The maximum Gasteiger partial charge on any atom is 0.101 e. The van der Waals surface area contributed by atoms with Crippen LogP contribution in [0.2, 0.25) is 0 Å². The van der Waals surface area contributed by atoms with Crippen molar-refractivity contribution in [3.05, 3.63) is 29.3 Å². The zero-order chi connectivity index (χ0) is 12.0. The van der Waals surface area contributed by atoms with Crippen molar-refractivity contribution in [1.29, 1.82) is 5.26 Å². The van der Waals surface area contributed by atoms with Crippen molar-refractivity contribution in [2.24, 2.45) is 0 Å². The average molecular weight is 234 g/mol. The summed E-state index contributed by atoms with van der Waals surface area (Å²) in [6, 6.07) is 8.55. The van der Waals surface area contributed by atoms with Gasteiger partial charge in [0, 0.05) is 11.8 Å². The molecule has 1 unspecified atom stereocenters. The van der Waals surface area contributed by atoms with Crippen molar-refractivity contribution in [2.75, 3.05) is 17.3 Å². The minimum absolute atomic E-state index is 0.434. The van der Waals surface area contributed by atoms with E-state index < -0.39 is 0 Å². The minimum Gasteiger partial charge on any atom is -0.380 e. The molecule has 0 radical (unpaired) electrons. The second-order valence-electron chi connectivity index (χ2n) is 3.87. The van der Waals surface area contributed by atoms with Gasteiger partial charge in [0.1, 0.15) is 6.07 Å². The van der Waals surface area contributed by atoms with Crippen molar-refractivity contribution in [3.63, 3.8) is 0 Å². The van der Waals surface area contributed by atoms with Gasteiger partial charge < -0.3 is 5.32 Å². The number of anilines is 1. The van der Waals surface area contributed by atoms with E-state index in [2.05, 4.69) is 24.6 Å². The standard InChI is InChI=1S/C13H18N2S/c1-4-12(9-16-3)15-13-7-10(2)5-6-11(13)8-14/h5-7,12,15H,4,9H2,1-3H3. The number of hydrogen-bond donors (Lipinski definition) is 1. The first-order chi connectivity index (χ1) is 7.71. The third-order valence-electron chi connectivity index (χ3n) is 2.52. The molecule has 0 aliphatic carbocycles. The van der Waals surface area contributed by atoms with Gasteiger partial charge in [-0.2, -0.15) is 17.0 Å². The van der Waals surface area contributed by atoms with E-state index in [0.29, 0.717) is 6.04 Å². The normalized spacial score (nSPS) is 11.9. The van der Waals surface area contributed by atoms with Crippen molar-refractivity contribution >= 4 is 17.4 Å². The molecule has 3 heteroatoms. The molecule has 1 N–H and O–H groups in total. The summed E-state index contributed by atoms with van der Waals surface area (Å²) in [4.78, 5) is 0. The van der Waals surface area contributed by atoms with E-state index in [0.717, 1.165) is 23.4 Å². The molecule has 16 heavy (non-hydrogen) atoms. The summed E-state index contributed by atoms with van der Waals surface area (Å²) in [5, 5.41) is 12.5. The molecule has 0 fully saturated rings. The van der Waals surface area contributed by atoms with Gasteiger partial charge in [0.05, 0.1) is 11.3 Å². The Morgan fingerprint density at radius 2 is 2.25 bits per heavy atom. The summed E-state index contributed by atoms with van der Waals surface area (Å²) in [5.41, 5.74) is 2.87. The predicted octanol–water partition coefficient (Wildman–Crippen LogP) is 3.42. The Morgan fingerprint density at radius 1 is 1.50 bits per heavy atom. The molecule has 0 bridgehead atoms. The Kier molecular flexibility index (Phi) is 5.21. The molecule has 0 saturated heterocycles. The Hall–Kier alpha value is -1.14. The van der Waals surface area contributed by atoms with Crippen molar-refractivity contribution in [2.45, 2.75) is 26.3 Å². The van der Waals surface area contributed by atoms with Crippen LogP contribution >= 0.6 is 11.8 Å². The summed E-state index contributed by atoms with van der Waals surface area (Å²) in [6.07, 6.45) is 3.17. The largest absolute Gasteiger partial charge is 0.380 e. The number of nitrogens with one attached hydrogen (secondary N) is 1. The van der Waals surface area contributed by atoms with Crippen molar-refractivity contribution in [3.8, 4) is 6.07 Å². The van der Waals surface area contributed by atoms with E-state index in [1.54, 1.807) is 0 Å². The zero-order valence-electron chi connectivity index (χ0n) is 10.1. The number of rotatable bonds is 5. The van der Waals surface area contributed by atoms with Gasteiger partial charge in [-0.1, -0.05) is 13.0 Å². The van der Waals surface area contributed by atoms with Crippen LogP contribution < -0.4 is 5.32 Å². The predicted molar refractivity (Wildman–Crippen MR) is 72.0 cm³/mol. The van der Waals surface area contributed by atoms with Crippen LogP contribution in [0.1, 0.15) is 24.5 Å². The molecule has 0 saturated carbocycles. The fourth-order valence-electron chi connectivity index (χ4n) is 1.56. The number of hydrogen-bond acceptors (Lipinski definition) is 3. The molecule has 1 aromatic carbocycles. The van der Waals surface area contributed by atoms with Gasteiger partial charge in [0.25, 0.3) is 0 Å². The topological polar surface area (TPSA) is 35.8 Å². The van der Waals surface area contributed by atoms with E-state index in [1.165, 1.54) is 5.56 Å². The second kappa shape index (κ2) is 6.44. The zero-order valence-corrected chi connectivity index (χ0v) is 10.9. The quantitative estimate of drug-likeness (QED) is 0.848. The SMILES string of the molecule is CCC(CSC)Nc1cc(C)ccc1C#N. The first-order valence-corrected chi connectivity index (χ1v) is 6.86. The van der Waals surface area contributed by atoms with Crippen LogP contribution in [0.25, 0.3) is 0 Å². The number of thioether (sulfide) groups is 1. The van der Waals surface area contributed by atoms with E-state index in [-0.39, 0.29) is 0 Å². The second-order valence-corrected chi connectivity index (χ2v) is 4.78. The lowest BCUT2D eigenvalue weighted by Crippen LogP contribution is -2.21. The average Bonchev–Trinajstić information content (AvgIpc) is 2.29. The van der Waals surface area contributed by atoms with Gasteiger partial charge in [-0.3, -0.25) is 0 Å². The molecule has 0 aliphatic heterocycles. The summed E-state index contributed by atoms with van der Waals surface area (Å²) >= 11 is 1.83. The van der Waals surface area contributed by atoms with Crippen LogP contribution in [0.15, 0.2) is 18.2 Å². The number of benzene rings is 1. The van der Waals surface area contributed by atoms with Crippen molar-refractivity contribution in [1.82, 2.24) is 0 Å². The first-order valence-electron chi connectivity index (χ1n) is 5.47. The molecule has 1 rings (SSSR count). The highest BCUT2D eigenvalue weighted by atomic mass is 32.2. The lowest BCUT2D eigenvalue weighted by Gasteiger charge is -2.18. The van der Waals surface area contributed by atoms with Gasteiger partial charge in [-0.05, 0) is 37.3 Å². The van der Waals surface area contributed by atoms with E-state index >= 15 is 0 Å². The van der Waals surface area contributed by atoms with Crippen LogP contribution in [-0.2, 0) is 0 Å². The van der Waals surface area contributed by atoms with Gasteiger partial charge in [0.2, 0.25) is 0 Å². The monoisotopic (exact) mass is 234 g/mol. The molecular weight excluding hydrogens is 216 g/mol. The summed E-state index contributed by atoms with van der Waals surface area (Å²) in [6.45, 7) is 4.21. The molecule has 1 atom stereocenters. The van der Waals surface area contributed by atoms with Crippen LogP contribution in [0.3, 0.4) is 0 Å². The summed E-state index contributed by atoms with van der Waals surface area (Å²) in [5.74, 6) is 1.06. The van der Waals surface area contributed by atoms with Gasteiger partial charge in [-0.25, -0.2) is 0 Å². The smallest absolute Gasteiger partial charge is 0.101 e. The first kappa shape index (κ1) is 12.9. The molecule has 2 nitrogen and oxygen atoms in total. The van der Waals surface area contributed by atoms with E-state index in [1.807, 2.05) is 36.9 Å². The van der Waals surface area contributed by atoms with Gasteiger partial charge in [0.15, 0.2) is 0 Å². The molecular formula is C13H18N2S. The van der Waals surface area contributed by atoms with Crippen LogP contribution in [0.5, 0.6) is 0 Å². The number of aryl methyl sites for hydroxylation is 1. The van der Waals surface area contributed by atoms with E-state index in [4.69, 9.17) is 5.26 Å². The Morgan fingerprint density at radius 3 is 2.81 bits per heavy atom. The highest BCUT2D eigenvalue weighted by Crippen LogP contribution is 2.19. The lowest BCUT2D eigenvalue weighted by molar-refractivity contribution is 0.774. The third-order valence-corrected chi connectivity index (χ3v) is 3.25. The van der Waals surface area contributed by atoms with Gasteiger partial charge in [-0.15, -0.1) is 0 Å². The maximum absolute atomic E-state index is 9.03. The van der Waals surface area contributed by atoms with Crippen LogP contribution in [-0.4, -0.2) is 18.1 Å². The number of nitrogens with zero attached hydrogens (tertiary/aromatic N) is 1. The minimum atomic E-state index is 0.434. The fourth-order valence-corrected chi connectivity index (χ4v) is 2.28. The molecule has 0 amide bonds. The molecule has 0 heterocycles. The summed E-state index contributed by atoms with van der Waals surface area (Å²) in [7, 11) is 0. The molecule has 86 valence electrons. The van der Waals surface area contributed by atoms with E-state index in [9.17, 15) is 0 Å². The Bertz CT molecular complexity index is 382. The highest BCUT2D eigenvalue weighted by molar-refractivity contribution is 7.98.